The molecule has 0 saturated heterocycles. The molecular weight excluding hydrogens is 180 g/mol. The molecule has 0 radical (unpaired) electrons. The van der Waals surface area contributed by atoms with Gasteiger partial charge in [0.05, 0.1) is 0 Å². The summed E-state index contributed by atoms with van der Waals surface area (Å²) in [6, 6.07) is 3.99. The van der Waals surface area contributed by atoms with Gasteiger partial charge in [0, 0.05) is 4.88 Å². The molecule has 1 aliphatic rings. The Morgan fingerprint density at radius 1 is 1.62 bits per heavy atom. The van der Waals surface area contributed by atoms with Crippen molar-refractivity contribution in [3.8, 4) is 0 Å². The van der Waals surface area contributed by atoms with Gasteiger partial charge < -0.3 is 5.11 Å². The lowest BCUT2D eigenvalue weighted by Gasteiger charge is -2.28. The van der Waals surface area contributed by atoms with E-state index in [9.17, 15) is 5.11 Å². The van der Waals surface area contributed by atoms with E-state index in [4.69, 9.17) is 0 Å². The van der Waals surface area contributed by atoms with Crippen LogP contribution in [0.15, 0.2) is 29.7 Å². The number of hydrogen-bond acceptors (Lipinski definition) is 2. The molecule has 0 aliphatic heterocycles. The first-order valence-electron chi connectivity index (χ1n) is 4.66. The summed E-state index contributed by atoms with van der Waals surface area (Å²) in [7, 11) is 0. The Kier molecular flexibility index (Phi) is 2.26. The Morgan fingerprint density at radius 3 is 3.00 bits per heavy atom. The highest BCUT2D eigenvalue weighted by Gasteiger charge is 2.29. The van der Waals surface area contributed by atoms with Crippen LogP contribution in [0.3, 0.4) is 0 Å². The second-order valence-electron chi connectivity index (χ2n) is 3.78. The van der Waals surface area contributed by atoms with Crippen molar-refractivity contribution in [2.75, 3.05) is 0 Å². The van der Waals surface area contributed by atoms with Gasteiger partial charge >= 0.3 is 0 Å². The van der Waals surface area contributed by atoms with Crippen LogP contribution in [0, 0.1) is 5.92 Å². The molecule has 1 aromatic rings. The van der Waals surface area contributed by atoms with Crippen LogP contribution in [0.4, 0.5) is 0 Å². The van der Waals surface area contributed by atoms with Crippen molar-refractivity contribution in [2.24, 2.45) is 5.92 Å². The number of thiophene rings is 1. The van der Waals surface area contributed by atoms with Crippen LogP contribution in [0.25, 0.3) is 0 Å². The zero-order valence-electron chi connectivity index (χ0n) is 7.73. The van der Waals surface area contributed by atoms with Gasteiger partial charge in [-0.1, -0.05) is 25.1 Å². The van der Waals surface area contributed by atoms with Gasteiger partial charge in [0.1, 0.15) is 5.60 Å². The topological polar surface area (TPSA) is 20.2 Å². The third-order valence-corrected chi connectivity index (χ3v) is 3.67. The fraction of sp³-hybridized carbons (Fsp3) is 0.455. The van der Waals surface area contributed by atoms with E-state index >= 15 is 0 Å². The maximum Gasteiger partial charge on any atom is 0.117 e. The van der Waals surface area contributed by atoms with Gasteiger partial charge in [0.25, 0.3) is 0 Å². The molecule has 2 heteroatoms. The quantitative estimate of drug-likeness (QED) is 0.681. The van der Waals surface area contributed by atoms with Gasteiger partial charge in [-0.15, -0.1) is 11.3 Å². The first-order chi connectivity index (χ1) is 6.21. The molecule has 1 aromatic heterocycles. The number of allylic oxidation sites excluding steroid dienone is 1. The highest BCUT2D eigenvalue weighted by Crippen LogP contribution is 2.36. The van der Waals surface area contributed by atoms with Gasteiger partial charge in [-0.3, -0.25) is 0 Å². The van der Waals surface area contributed by atoms with E-state index in [2.05, 4.69) is 13.0 Å². The lowest BCUT2D eigenvalue weighted by Crippen LogP contribution is -2.25. The largest absolute Gasteiger partial charge is 0.380 e. The normalized spacial score (nSPS) is 33.5. The summed E-state index contributed by atoms with van der Waals surface area (Å²) in [5, 5.41) is 12.3. The molecular formula is C11H14OS. The van der Waals surface area contributed by atoms with Crippen LogP contribution in [0.5, 0.6) is 0 Å². The van der Waals surface area contributed by atoms with Crippen LogP contribution in [-0.4, -0.2) is 5.11 Å². The van der Waals surface area contributed by atoms with E-state index in [0.29, 0.717) is 5.92 Å². The van der Waals surface area contributed by atoms with Crippen LogP contribution < -0.4 is 0 Å². The second kappa shape index (κ2) is 3.28. The molecule has 2 rings (SSSR count). The smallest absolute Gasteiger partial charge is 0.117 e. The Morgan fingerprint density at radius 2 is 2.46 bits per heavy atom. The highest BCUT2D eigenvalue weighted by molar-refractivity contribution is 7.10. The molecule has 2 unspecified atom stereocenters. The summed E-state index contributed by atoms with van der Waals surface area (Å²) >= 11 is 1.63. The molecule has 13 heavy (non-hydrogen) atoms. The number of hydrogen-bond donors (Lipinski definition) is 1. The standard InChI is InChI=1S/C11H14OS/c1-9-4-6-11(12,7-5-9)10-3-2-8-13-10/h2-4,6,8-9,12H,5,7H2,1H3. The van der Waals surface area contributed by atoms with E-state index in [1.807, 2.05) is 23.6 Å². The van der Waals surface area contributed by atoms with Crippen molar-refractivity contribution < 1.29 is 5.11 Å². The molecule has 2 atom stereocenters. The average Bonchev–Trinajstić information content (AvgIpc) is 2.63. The summed E-state index contributed by atoms with van der Waals surface area (Å²) < 4.78 is 0. The van der Waals surface area contributed by atoms with Crippen molar-refractivity contribution in [2.45, 2.75) is 25.4 Å². The average molecular weight is 194 g/mol. The molecule has 0 aromatic carbocycles. The molecule has 0 saturated carbocycles. The molecule has 1 aliphatic carbocycles. The lowest BCUT2D eigenvalue weighted by atomic mass is 9.85. The zero-order chi connectivity index (χ0) is 9.31. The first-order valence-corrected chi connectivity index (χ1v) is 5.54. The summed E-state index contributed by atoms with van der Waals surface area (Å²) in [6.45, 7) is 2.19. The van der Waals surface area contributed by atoms with Crippen LogP contribution in [0.2, 0.25) is 0 Å². The fourth-order valence-electron chi connectivity index (χ4n) is 1.68. The Bertz CT molecular complexity index is 302. The lowest BCUT2D eigenvalue weighted by molar-refractivity contribution is 0.0710. The van der Waals surface area contributed by atoms with E-state index in [0.717, 1.165) is 17.7 Å². The molecule has 0 bridgehead atoms. The Balaban J connectivity index is 2.27. The number of aliphatic hydroxyl groups is 1. The van der Waals surface area contributed by atoms with Gasteiger partial charge in [-0.25, -0.2) is 0 Å². The minimum atomic E-state index is -0.680. The van der Waals surface area contributed by atoms with Crippen molar-refractivity contribution in [3.63, 3.8) is 0 Å². The van der Waals surface area contributed by atoms with Crippen LogP contribution >= 0.6 is 11.3 Å². The Labute approximate surface area is 82.7 Å². The monoisotopic (exact) mass is 194 g/mol. The van der Waals surface area contributed by atoms with Crippen LogP contribution in [0.1, 0.15) is 24.6 Å². The third-order valence-electron chi connectivity index (χ3n) is 2.63. The van der Waals surface area contributed by atoms with Crippen molar-refractivity contribution in [1.82, 2.24) is 0 Å². The summed E-state index contributed by atoms with van der Waals surface area (Å²) in [5.74, 6) is 0.611. The van der Waals surface area contributed by atoms with Gasteiger partial charge in [-0.05, 0) is 30.2 Å². The van der Waals surface area contributed by atoms with Gasteiger partial charge in [-0.2, -0.15) is 0 Å². The van der Waals surface area contributed by atoms with Crippen LogP contribution in [-0.2, 0) is 5.60 Å². The molecule has 1 N–H and O–H groups in total. The third kappa shape index (κ3) is 1.69. The van der Waals surface area contributed by atoms with E-state index < -0.39 is 5.60 Å². The Hall–Kier alpha value is -0.600. The highest BCUT2D eigenvalue weighted by atomic mass is 32.1. The molecule has 1 heterocycles. The summed E-state index contributed by atoms with van der Waals surface area (Å²) in [4.78, 5) is 1.07. The van der Waals surface area contributed by atoms with Gasteiger partial charge in [0.15, 0.2) is 0 Å². The molecule has 0 spiro atoms. The summed E-state index contributed by atoms with van der Waals surface area (Å²) in [5.41, 5.74) is -0.680. The van der Waals surface area contributed by atoms with E-state index in [1.165, 1.54) is 0 Å². The molecule has 70 valence electrons. The molecule has 0 amide bonds. The minimum absolute atomic E-state index is 0.611. The maximum atomic E-state index is 10.3. The summed E-state index contributed by atoms with van der Waals surface area (Å²) in [6.07, 6.45) is 5.99. The van der Waals surface area contributed by atoms with Crippen molar-refractivity contribution in [3.05, 3.63) is 34.5 Å². The maximum absolute atomic E-state index is 10.3. The first kappa shape index (κ1) is 8.97. The molecule has 1 nitrogen and oxygen atoms in total. The van der Waals surface area contributed by atoms with E-state index in [1.54, 1.807) is 11.3 Å². The molecule has 0 fully saturated rings. The minimum Gasteiger partial charge on any atom is -0.380 e. The zero-order valence-corrected chi connectivity index (χ0v) is 8.55. The van der Waals surface area contributed by atoms with Gasteiger partial charge in [0.2, 0.25) is 0 Å². The predicted molar refractivity (Wildman–Crippen MR) is 55.8 cm³/mol. The van der Waals surface area contributed by atoms with Crippen molar-refractivity contribution in [1.29, 1.82) is 0 Å². The predicted octanol–water partition coefficient (Wildman–Crippen LogP) is 2.92. The second-order valence-corrected chi connectivity index (χ2v) is 4.72. The van der Waals surface area contributed by atoms with E-state index in [-0.39, 0.29) is 0 Å². The SMILES string of the molecule is CC1C=CC(O)(c2cccs2)CC1. The fourth-order valence-corrected chi connectivity index (χ4v) is 2.52. The van der Waals surface area contributed by atoms with Crippen molar-refractivity contribution >= 4 is 11.3 Å². The number of rotatable bonds is 1.